The van der Waals surface area contributed by atoms with Crippen LogP contribution >= 0.6 is 12.4 Å². The van der Waals surface area contributed by atoms with Gasteiger partial charge in [-0.2, -0.15) is 0 Å². The van der Waals surface area contributed by atoms with Crippen LogP contribution in [0.1, 0.15) is 11.6 Å². The van der Waals surface area contributed by atoms with E-state index in [2.05, 4.69) is 5.32 Å². The van der Waals surface area contributed by atoms with Crippen molar-refractivity contribution in [2.24, 2.45) is 0 Å². The molecule has 1 aromatic rings. The maximum absolute atomic E-state index is 14.0. The van der Waals surface area contributed by atoms with Crippen molar-refractivity contribution < 1.29 is 27.1 Å². The van der Waals surface area contributed by atoms with Crippen molar-refractivity contribution in [1.82, 2.24) is 10.2 Å². The summed E-state index contributed by atoms with van der Waals surface area (Å²) in [7, 11) is 0. The van der Waals surface area contributed by atoms with Crippen LogP contribution in [0, 0.1) is 17.5 Å². The first-order valence-corrected chi connectivity index (χ1v) is 6.44. The molecule has 1 aromatic carbocycles. The van der Waals surface area contributed by atoms with Crippen molar-refractivity contribution in [3.63, 3.8) is 0 Å². The smallest absolute Gasteiger partial charge is 0.290 e. The fraction of sp³-hybridized carbons (Fsp3) is 0.538. The summed E-state index contributed by atoms with van der Waals surface area (Å²) in [6.45, 7) is -0.532. The molecule has 2 N–H and O–H groups in total. The third-order valence-electron chi connectivity index (χ3n) is 3.44. The molecule has 1 aliphatic rings. The number of nitrogens with one attached hydrogen (secondary N) is 1. The second kappa shape index (κ2) is 7.54. The first kappa shape index (κ1) is 19.1. The first-order valence-electron chi connectivity index (χ1n) is 6.44. The Morgan fingerprint density at radius 1 is 1.14 bits per heavy atom. The second-order valence-electron chi connectivity index (χ2n) is 4.89. The lowest BCUT2D eigenvalue weighted by Gasteiger charge is -2.38. The largest absolute Gasteiger partial charge is 0.390 e. The molecular weight excluding hydrogens is 331 g/mol. The minimum Gasteiger partial charge on any atom is -0.390 e. The topological polar surface area (TPSA) is 35.5 Å². The van der Waals surface area contributed by atoms with Crippen LogP contribution < -0.4 is 5.32 Å². The highest BCUT2D eigenvalue weighted by molar-refractivity contribution is 5.85. The van der Waals surface area contributed by atoms with E-state index in [1.165, 1.54) is 4.90 Å². The zero-order chi connectivity index (χ0) is 15.6. The lowest BCUT2D eigenvalue weighted by atomic mass is 9.97. The van der Waals surface area contributed by atoms with Crippen molar-refractivity contribution >= 4 is 12.4 Å². The van der Waals surface area contributed by atoms with Crippen LogP contribution in [-0.4, -0.2) is 48.7 Å². The van der Waals surface area contributed by atoms with Crippen LogP contribution in [0.4, 0.5) is 22.0 Å². The van der Waals surface area contributed by atoms with Gasteiger partial charge in [0.2, 0.25) is 0 Å². The average Bonchev–Trinajstić information content (AvgIpc) is 2.43. The fourth-order valence-corrected chi connectivity index (χ4v) is 2.50. The van der Waals surface area contributed by atoms with Crippen molar-refractivity contribution in [3.8, 4) is 0 Å². The van der Waals surface area contributed by atoms with Gasteiger partial charge in [0.25, 0.3) is 5.92 Å². The normalized spacial score (nSPS) is 17.9. The Bertz CT molecular complexity index is 488. The molecule has 126 valence electrons. The first-order chi connectivity index (χ1) is 9.86. The Balaban J connectivity index is 0.00000242. The number of aliphatic hydroxyl groups is 1. The number of benzene rings is 1. The molecule has 1 heterocycles. The number of alkyl halides is 2. The Morgan fingerprint density at radius 3 is 2.09 bits per heavy atom. The molecule has 0 saturated carbocycles. The molecule has 0 radical (unpaired) electrons. The van der Waals surface area contributed by atoms with Crippen LogP contribution in [0.25, 0.3) is 0 Å². The van der Waals surface area contributed by atoms with Crippen LogP contribution in [0.5, 0.6) is 0 Å². The molecule has 1 atom stereocenters. The van der Waals surface area contributed by atoms with E-state index in [0.29, 0.717) is 25.2 Å². The van der Waals surface area contributed by atoms with Gasteiger partial charge in [0.05, 0.1) is 0 Å². The second-order valence-corrected chi connectivity index (χ2v) is 4.89. The molecule has 0 unspecified atom stereocenters. The summed E-state index contributed by atoms with van der Waals surface area (Å²) in [6.07, 6.45) is 0. The molecule has 3 nitrogen and oxygen atoms in total. The minimum absolute atomic E-state index is 0. The summed E-state index contributed by atoms with van der Waals surface area (Å²) in [6, 6.07) is -1.26. The highest BCUT2D eigenvalue weighted by Crippen LogP contribution is 2.39. The molecule has 1 fully saturated rings. The monoisotopic (exact) mass is 346 g/mol. The van der Waals surface area contributed by atoms with Gasteiger partial charge in [-0.15, -0.1) is 12.4 Å². The van der Waals surface area contributed by atoms with Gasteiger partial charge in [0.1, 0.15) is 30.1 Å². The molecule has 0 amide bonds. The van der Waals surface area contributed by atoms with E-state index in [9.17, 15) is 22.0 Å². The third-order valence-corrected chi connectivity index (χ3v) is 3.44. The van der Waals surface area contributed by atoms with Crippen molar-refractivity contribution in [3.05, 3.63) is 35.1 Å². The third kappa shape index (κ3) is 3.87. The van der Waals surface area contributed by atoms with Crippen LogP contribution in [0.15, 0.2) is 12.1 Å². The lowest BCUT2D eigenvalue weighted by Crippen LogP contribution is -2.51. The van der Waals surface area contributed by atoms with Gasteiger partial charge in [-0.25, -0.2) is 22.0 Å². The summed E-state index contributed by atoms with van der Waals surface area (Å²) in [5.74, 6) is -7.70. The predicted octanol–water partition coefficient (Wildman–Crippen LogP) is 2.10. The Labute approximate surface area is 130 Å². The van der Waals surface area contributed by atoms with E-state index in [0.717, 1.165) is 0 Å². The standard InChI is InChI=1S/C13H15F5N2O.ClH/c14-8-5-9(15)11(10(16)6-8)12(13(17,18)7-21)20-3-1-19-2-4-20;/h5-6,12,19,21H,1-4,7H2;1H/t12-;/m0./s1. The van der Waals surface area contributed by atoms with E-state index < -0.39 is 41.6 Å². The van der Waals surface area contributed by atoms with Crippen LogP contribution in [-0.2, 0) is 0 Å². The van der Waals surface area contributed by atoms with E-state index >= 15 is 0 Å². The number of nitrogens with zero attached hydrogens (tertiary/aromatic N) is 1. The highest BCUT2D eigenvalue weighted by Gasteiger charge is 2.46. The molecule has 0 bridgehead atoms. The number of hydrogen-bond donors (Lipinski definition) is 2. The van der Waals surface area contributed by atoms with Crippen LogP contribution in [0.3, 0.4) is 0 Å². The van der Waals surface area contributed by atoms with Gasteiger partial charge in [-0.05, 0) is 0 Å². The molecule has 9 heteroatoms. The van der Waals surface area contributed by atoms with E-state index in [1.807, 2.05) is 0 Å². The van der Waals surface area contributed by atoms with Crippen molar-refractivity contribution in [2.45, 2.75) is 12.0 Å². The number of piperazine rings is 1. The van der Waals surface area contributed by atoms with Crippen molar-refractivity contribution in [2.75, 3.05) is 32.8 Å². The van der Waals surface area contributed by atoms with Gasteiger partial charge in [-0.1, -0.05) is 0 Å². The highest BCUT2D eigenvalue weighted by atomic mass is 35.5. The molecule has 0 aliphatic carbocycles. The minimum atomic E-state index is -3.75. The van der Waals surface area contributed by atoms with Crippen LogP contribution in [0.2, 0.25) is 0 Å². The molecule has 1 saturated heterocycles. The number of halogens is 6. The van der Waals surface area contributed by atoms with E-state index in [1.54, 1.807) is 0 Å². The Kier molecular flexibility index (Phi) is 6.54. The zero-order valence-electron chi connectivity index (χ0n) is 11.5. The summed E-state index contributed by atoms with van der Waals surface area (Å²) >= 11 is 0. The Morgan fingerprint density at radius 2 is 1.64 bits per heavy atom. The van der Waals surface area contributed by atoms with Gasteiger partial charge < -0.3 is 10.4 Å². The molecule has 2 rings (SSSR count). The van der Waals surface area contributed by atoms with Gasteiger partial charge in [0, 0.05) is 43.9 Å². The molecule has 1 aliphatic heterocycles. The maximum atomic E-state index is 14.0. The van der Waals surface area contributed by atoms with Gasteiger partial charge in [-0.3, -0.25) is 4.90 Å². The summed E-state index contributed by atoms with van der Waals surface area (Å²) in [5.41, 5.74) is -0.919. The average molecular weight is 347 g/mol. The maximum Gasteiger partial charge on any atom is 0.290 e. The summed E-state index contributed by atoms with van der Waals surface area (Å²) < 4.78 is 68.7. The Hall–Kier alpha value is -0.960. The van der Waals surface area contributed by atoms with Gasteiger partial charge in [0.15, 0.2) is 0 Å². The quantitative estimate of drug-likeness (QED) is 0.820. The van der Waals surface area contributed by atoms with E-state index in [-0.39, 0.29) is 25.5 Å². The molecular formula is C13H16ClF5N2O. The zero-order valence-corrected chi connectivity index (χ0v) is 12.3. The SMILES string of the molecule is Cl.OCC(F)(F)[C@H](c1c(F)cc(F)cc1F)N1CCNCC1. The molecule has 22 heavy (non-hydrogen) atoms. The fourth-order valence-electron chi connectivity index (χ4n) is 2.50. The predicted molar refractivity (Wildman–Crippen MR) is 72.8 cm³/mol. The number of aliphatic hydroxyl groups excluding tert-OH is 1. The lowest BCUT2D eigenvalue weighted by molar-refractivity contribution is -0.120. The number of rotatable bonds is 4. The van der Waals surface area contributed by atoms with E-state index in [4.69, 9.17) is 5.11 Å². The molecule has 0 spiro atoms. The molecule has 0 aromatic heterocycles. The number of hydrogen-bond acceptors (Lipinski definition) is 3. The van der Waals surface area contributed by atoms with Gasteiger partial charge >= 0.3 is 0 Å². The summed E-state index contributed by atoms with van der Waals surface area (Å²) in [5, 5.41) is 11.8. The van der Waals surface area contributed by atoms with Crippen molar-refractivity contribution in [1.29, 1.82) is 0 Å². The summed E-state index contributed by atoms with van der Waals surface area (Å²) in [4.78, 5) is 1.19.